The van der Waals surface area contributed by atoms with E-state index in [0.29, 0.717) is 0 Å². The molecule has 1 saturated heterocycles. The van der Waals surface area contributed by atoms with Crippen molar-refractivity contribution in [1.29, 1.82) is 0 Å². The first-order valence-corrected chi connectivity index (χ1v) is 6.50. The van der Waals surface area contributed by atoms with E-state index < -0.39 is 42.3 Å². The van der Waals surface area contributed by atoms with Gasteiger partial charge in [-0.1, -0.05) is 0 Å². The van der Waals surface area contributed by atoms with Gasteiger partial charge in [0.15, 0.2) is 0 Å². The maximum atomic E-state index is 11.9. The molecule has 1 aliphatic carbocycles. The van der Waals surface area contributed by atoms with Crippen molar-refractivity contribution in [3.8, 4) is 0 Å². The van der Waals surface area contributed by atoms with Crippen molar-refractivity contribution in [2.24, 2.45) is 0 Å². The van der Waals surface area contributed by atoms with Gasteiger partial charge in [-0.25, -0.2) is 4.79 Å². The van der Waals surface area contributed by atoms with Crippen molar-refractivity contribution in [2.45, 2.75) is 43.3 Å². The van der Waals surface area contributed by atoms with Crippen LogP contribution < -0.4 is 11.2 Å². The number of hydrogen-bond acceptors (Lipinski definition) is 6. The average molecular weight is 284 g/mol. The largest absolute Gasteiger partial charge is 0.394 e. The third-order valence-electron chi connectivity index (χ3n) is 3.78. The Morgan fingerprint density at radius 2 is 2.00 bits per heavy atom. The molecule has 1 aromatic rings. The summed E-state index contributed by atoms with van der Waals surface area (Å²) in [6, 6.07) is 0.0650. The van der Waals surface area contributed by atoms with E-state index in [2.05, 4.69) is 4.98 Å². The van der Waals surface area contributed by atoms with Crippen molar-refractivity contribution in [3.05, 3.63) is 32.6 Å². The minimum absolute atomic E-state index is 0.0650. The quantitative estimate of drug-likeness (QED) is 0.510. The Labute approximate surface area is 113 Å². The van der Waals surface area contributed by atoms with E-state index in [9.17, 15) is 19.8 Å². The predicted octanol–water partition coefficient (Wildman–Crippen LogP) is -1.97. The summed E-state index contributed by atoms with van der Waals surface area (Å²) in [5, 5.41) is 28.7. The van der Waals surface area contributed by atoms with Gasteiger partial charge in [-0.2, -0.15) is 0 Å². The number of aromatic amines is 1. The summed E-state index contributed by atoms with van der Waals surface area (Å²) < 4.78 is 6.72. The van der Waals surface area contributed by atoms with Gasteiger partial charge in [0.2, 0.25) is 0 Å². The molecule has 20 heavy (non-hydrogen) atoms. The molecule has 0 aromatic carbocycles. The maximum absolute atomic E-state index is 11.9. The van der Waals surface area contributed by atoms with Crippen molar-refractivity contribution >= 4 is 0 Å². The van der Waals surface area contributed by atoms with Crippen molar-refractivity contribution in [1.82, 2.24) is 9.55 Å². The number of rotatable bonds is 3. The van der Waals surface area contributed by atoms with Gasteiger partial charge in [-0.15, -0.1) is 0 Å². The third kappa shape index (κ3) is 2.10. The number of H-pyrrole nitrogens is 1. The van der Waals surface area contributed by atoms with Crippen LogP contribution in [-0.2, 0) is 4.74 Å². The van der Waals surface area contributed by atoms with E-state index in [1.165, 1.54) is 10.8 Å². The highest BCUT2D eigenvalue weighted by molar-refractivity contribution is 5.15. The monoisotopic (exact) mass is 284 g/mol. The number of hydrogen-bond donors (Lipinski definition) is 4. The Kier molecular flexibility index (Phi) is 3.25. The summed E-state index contributed by atoms with van der Waals surface area (Å²) >= 11 is 0. The summed E-state index contributed by atoms with van der Waals surface area (Å²) in [5.74, 6) is 0. The molecule has 0 bridgehead atoms. The van der Waals surface area contributed by atoms with Crippen molar-refractivity contribution in [2.75, 3.05) is 6.61 Å². The fourth-order valence-electron chi connectivity index (χ4n) is 2.48. The summed E-state index contributed by atoms with van der Waals surface area (Å²) in [5.41, 5.74) is -1.06. The van der Waals surface area contributed by atoms with Gasteiger partial charge in [0.05, 0.1) is 12.2 Å². The first kappa shape index (κ1) is 13.5. The number of nitrogens with one attached hydrogen (secondary N) is 1. The molecule has 2 heterocycles. The van der Waals surface area contributed by atoms with Crippen LogP contribution in [0, 0.1) is 0 Å². The zero-order valence-corrected chi connectivity index (χ0v) is 10.6. The first-order chi connectivity index (χ1) is 9.52. The minimum atomic E-state index is -1.32. The van der Waals surface area contributed by atoms with E-state index in [1.54, 1.807) is 0 Å². The molecule has 1 aliphatic heterocycles. The van der Waals surface area contributed by atoms with Crippen LogP contribution in [0.2, 0.25) is 0 Å². The molecule has 0 unspecified atom stereocenters. The van der Waals surface area contributed by atoms with E-state index in [0.717, 1.165) is 12.8 Å². The summed E-state index contributed by atoms with van der Waals surface area (Å²) in [7, 11) is 0. The molecule has 110 valence electrons. The lowest BCUT2D eigenvalue weighted by Crippen LogP contribution is -2.35. The van der Waals surface area contributed by atoms with Gasteiger partial charge < -0.3 is 20.1 Å². The summed E-state index contributed by atoms with van der Waals surface area (Å²) in [4.78, 5) is 25.7. The maximum Gasteiger partial charge on any atom is 0.328 e. The first-order valence-electron chi connectivity index (χ1n) is 6.50. The van der Waals surface area contributed by atoms with Crippen LogP contribution in [-0.4, -0.2) is 49.8 Å². The third-order valence-corrected chi connectivity index (χ3v) is 3.78. The molecule has 8 heteroatoms. The number of aliphatic hydroxyl groups excluding tert-OH is 3. The second-order valence-electron chi connectivity index (χ2n) is 5.24. The Hall–Kier alpha value is -1.48. The second kappa shape index (κ2) is 4.81. The lowest BCUT2D eigenvalue weighted by molar-refractivity contribution is -0.0233. The number of ether oxygens (including phenoxy) is 1. The predicted molar refractivity (Wildman–Crippen MR) is 66.3 cm³/mol. The topological polar surface area (TPSA) is 125 Å². The van der Waals surface area contributed by atoms with E-state index in [1.807, 2.05) is 0 Å². The van der Waals surface area contributed by atoms with E-state index >= 15 is 0 Å². The van der Waals surface area contributed by atoms with Gasteiger partial charge in [-0.05, 0) is 12.8 Å². The molecule has 1 aromatic heterocycles. The Morgan fingerprint density at radius 1 is 1.30 bits per heavy atom. The lowest BCUT2D eigenvalue weighted by Gasteiger charge is -2.15. The Bertz CT molecular complexity index is 619. The molecule has 0 amide bonds. The molecule has 2 fully saturated rings. The standard InChI is InChI=1S/C12H16N2O6/c15-4-7-8(16)9(17)10(20-7)6-3-14(5-1-2-5)12(19)13-11(6)18/h3,5,7-10,15-17H,1-2,4H2,(H,13,18,19)/t7-,8-,9-,10+/m1/s1. The second-order valence-corrected chi connectivity index (χ2v) is 5.24. The molecular weight excluding hydrogens is 268 g/mol. The van der Waals surface area contributed by atoms with Crippen LogP contribution >= 0.6 is 0 Å². The molecule has 4 N–H and O–H groups in total. The van der Waals surface area contributed by atoms with Gasteiger partial charge in [0.25, 0.3) is 5.56 Å². The molecule has 2 aliphatic rings. The zero-order chi connectivity index (χ0) is 14.4. The smallest absolute Gasteiger partial charge is 0.328 e. The van der Waals surface area contributed by atoms with Crippen LogP contribution in [0.1, 0.15) is 30.6 Å². The molecule has 1 saturated carbocycles. The highest BCUT2D eigenvalue weighted by Gasteiger charge is 2.44. The van der Waals surface area contributed by atoms with Crippen molar-refractivity contribution in [3.63, 3.8) is 0 Å². The Morgan fingerprint density at radius 3 is 2.55 bits per heavy atom. The van der Waals surface area contributed by atoms with Gasteiger partial charge in [0.1, 0.15) is 24.4 Å². The highest BCUT2D eigenvalue weighted by Crippen LogP contribution is 2.35. The molecule has 4 atom stereocenters. The minimum Gasteiger partial charge on any atom is -0.394 e. The fraction of sp³-hybridized carbons (Fsp3) is 0.667. The normalized spacial score (nSPS) is 33.5. The van der Waals surface area contributed by atoms with Gasteiger partial charge >= 0.3 is 5.69 Å². The van der Waals surface area contributed by atoms with Gasteiger partial charge in [-0.3, -0.25) is 14.3 Å². The molecule has 8 nitrogen and oxygen atoms in total. The number of nitrogens with zero attached hydrogens (tertiary/aromatic N) is 1. The van der Waals surface area contributed by atoms with Crippen LogP contribution in [0.5, 0.6) is 0 Å². The fourth-order valence-corrected chi connectivity index (χ4v) is 2.48. The molecular formula is C12H16N2O6. The summed E-state index contributed by atoms with van der Waals surface area (Å²) in [6.45, 7) is -0.463. The SMILES string of the molecule is O=c1[nH]c(=O)n(C2CC2)cc1[C@@H]1O[C@H](CO)[C@@H](O)[C@H]1O. The van der Waals surface area contributed by atoms with E-state index in [4.69, 9.17) is 9.84 Å². The average Bonchev–Trinajstić information content (AvgIpc) is 3.20. The molecule has 0 radical (unpaired) electrons. The summed E-state index contributed by atoms with van der Waals surface area (Å²) in [6.07, 6.45) is -1.50. The number of aromatic nitrogens is 2. The molecule has 0 spiro atoms. The van der Waals surface area contributed by atoms with Crippen molar-refractivity contribution < 1.29 is 20.1 Å². The van der Waals surface area contributed by atoms with Crippen LogP contribution in [0.4, 0.5) is 0 Å². The van der Waals surface area contributed by atoms with Crippen LogP contribution in [0.25, 0.3) is 0 Å². The van der Waals surface area contributed by atoms with E-state index in [-0.39, 0.29) is 11.6 Å². The van der Waals surface area contributed by atoms with Crippen LogP contribution in [0.3, 0.4) is 0 Å². The van der Waals surface area contributed by atoms with Gasteiger partial charge in [0, 0.05) is 12.2 Å². The van der Waals surface area contributed by atoms with Crippen LogP contribution in [0.15, 0.2) is 15.8 Å². The molecule has 3 rings (SSSR count). The zero-order valence-electron chi connectivity index (χ0n) is 10.6. The lowest BCUT2D eigenvalue weighted by atomic mass is 10.0. The highest BCUT2D eigenvalue weighted by atomic mass is 16.6. The Balaban J connectivity index is 2.00. The number of aliphatic hydroxyl groups is 3.